The molecule has 0 aliphatic heterocycles. The first kappa shape index (κ1) is 18.9. The minimum absolute atomic E-state index is 0.0522. The number of para-hydroxylation sites is 1. The van der Waals surface area contributed by atoms with Gasteiger partial charge in [0.05, 0.1) is 36.5 Å². The minimum atomic E-state index is 0.0522. The van der Waals surface area contributed by atoms with Crippen molar-refractivity contribution >= 4 is 27.5 Å². The summed E-state index contributed by atoms with van der Waals surface area (Å²) in [6.45, 7) is 1.03. The molecule has 2 aromatic carbocycles. The number of likely N-dealkylation sites (N-methyl/N-ethyl adjacent to an activating group) is 1. The van der Waals surface area contributed by atoms with Gasteiger partial charge in [-0.2, -0.15) is 0 Å². The number of fused-ring (bicyclic) bond motifs is 1. The van der Waals surface area contributed by atoms with E-state index in [0.717, 1.165) is 21.8 Å². The summed E-state index contributed by atoms with van der Waals surface area (Å²) in [6.07, 6.45) is 2.33. The molecule has 1 fully saturated rings. The number of rotatable bonds is 8. The molecule has 4 rings (SSSR count). The summed E-state index contributed by atoms with van der Waals surface area (Å²) < 4.78 is 6.42. The normalized spacial score (nSPS) is 15.0. The summed E-state index contributed by atoms with van der Waals surface area (Å²) in [6, 6.07) is 16.2. The fourth-order valence-electron chi connectivity index (χ4n) is 3.45. The summed E-state index contributed by atoms with van der Waals surface area (Å²) in [5, 5.41) is 4.27. The number of nitrogens with zero attached hydrogens (tertiary/aromatic N) is 2. The zero-order valence-electron chi connectivity index (χ0n) is 16.2. The van der Waals surface area contributed by atoms with Crippen molar-refractivity contribution in [3.63, 3.8) is 0 Å². The Hall–Kier alpha value is -2.44. The van der Waals surface area contributed by atoms with Crippen LogP contribution in [0.5, 0.6) is 5.75 Å². The van der Waals surface area contributed by atoms with Crippen LogP contribution < -0.4 is 10.1 Å². The van der Waals surface area contributed by atoms with Gasteiger partial charge in [0.2, 0.25) is 5.91 Å². The fraction of sp³-hybridized carbons (Fsp3) is 0.364. The maximum absolute atomic E-state index is 12.7. The maximum atomic E-state index is 12.7. The van der Waals surface area contributed by atoms with Crippen molar-refractivity contribution in [3.05, 3.63) is 59.1 Å². The molecule has 0 radical (unpaired) electrons. The number of hydrogen-bond acceptors (Lipinski definition) is 5. The topological polar surface area (TPSA) is 54.5 Å². The Labute approximate surface area is 169 Å². The number of thiazole rings is 1. The average Bonchev–Trinajstić information content (AvgIpc) is 3.45. The van der Waals surface area contributed by atoms with Crippen molar-refractivity contribution in [1.29, 1.82) is 0 Å². The molecule has 1 aliphatic carbocycles. The highest BCUT2D eigenvalue weighted by Crippen LogP contribution is 2.41. The van der Waals surface area contributed by atoms with Crippen molar-refractivity contribution in [1.82, 2.24) is 15.2 Å². The Balaban J connectivity index is 1.36. The highest BCUT2D eigenvalue weighted by atomic mass is 32.1. The van der Waals surface area contributed by atoms with Gasteiger partial charge in [-0.25, -0.2) is 4.98 Å². The second-order valence-electron chi connectivity index (χ2n) is 7.40. The molecule has 1 amide bonds. The van der Waals surface area contributed by atoms with Crippen LogP contribution in [0.3, 0.4) is 0 Å². The number of methoxy groups -OCH3 is 1. The van der Waals surface area contributed by atoms with E-state index in [1.54, 1.807) is 18.4 Å². The largest absolute Gasteiger partial charge is 0.497 e. The van der Waals surface area contributed by atoms with Crippen LogP contribution in [0.25, 0.3) is 10.2 Å². The molecule has 6 heteroatoms. The molecule has 0 bridgehead atoms. The van der Waals surface area contributed by atoms with Crippen LogP contribution in [0.4, 0.5) is 0 Å². The highest BCUT2D eigenvalue weighted by Gasteiger charge is 2.33. The molecule has 0 spiro atoms. The number of amides is 1. The van der Waals surface area contributed by atoms with Gasteiger partial charge in [0.1, 0.15) is 10.8 Å². The lowest BCUT2D eigenvalue weighted by Gasteiger charge is -2.21. The average molecular weight is 396 g/mol. The van der Waals surface area contributed by atoms with Crippen LogP contribution in [-0.4, -0.2) is 36.5 Å². The molecule has 1 N–H and O–H groups in total. The number of carbonyl (C=O) groups excluding carboxylic acids is 1. The van der Waals surface area contributed by atoms with Gasteiger partial charge in [0.15, 0.2) is 0 Å². The van der Waals surface area contributed by atoms with Crippen LogP contribution in [0.15, 0.2) is 48.5 Å². The third-order valence-corrected chi connectivity index (χ3v) is 6.06. The molecule has 1 unspecified atom stereocenters. The van der Waals surface area contributed by atoms with Gasteiger partial charge >= 0.3 is 0 Å². The van der Waals surface area contributed by atoms with E-state index in [4.69, 9.17) is 4.74 Å². The lowest BCUT2D eigenvalue weighted by molar-refractivity contribution is -0.123. The number of hydrogen-bond donors (Lipinski definition) is 1. The van der Waals surface area contributed by atoms with Crippen molar-refractivity contribution < 1.29 is 9.53 Å². The van der Waals surface area contributed by atoms with Crippen LogP contribution >= 0.6 is 11.3 Å². The van der Waals surface area contributed by atoms with E-state index in [9.17, 15) is 4.79 Å². The second-order valence-corrected chi connectivity index (χ2v) is 8.52. The molecular formula is C22H25N3O2S. The molecule has 0 saturated heterocycles. The Morgan fingerprint density at radius 1 is 1.25 bits per heavy atom. The van der Waals surface area contributed by atoms with E-state index in [-0.39, 0.29) is 11.9 Å². The lowest BCUT2D eigenvalue weighted by Crippen LogP contribution is -2.37. The second kappa shape index (κ2) is 8.29. The third-order valence-electron chi connectivity index (χ3n) is 5.04. The Bertz CT molecular complexity index is 917. The smallest absolute Gasteiger partial charge is 0.234 e. The zero-order chi connectivity index (χ0) is 19.5. The molecule has 146 valence electrons. The van der Waals surface area contributed by atoms with Gasteiger partial charge < -0.3 is 10.1 Å². The predicted octanol–water partition coefficient (Wildman–Crippen LogP) is 4.00. The number of aromatic nitrogens is 1. The van der Waals surface area contributed by atoms with Crippen LogP contribution in [0, 0.1) is 5.92 Å². The standard InChI is InChI=1S/C22H25N3O2S/c1-25(14-21-23-18-5-3-4-6-19(18)28-21)13-20(26)24-22(15-7-8-15)16-9-11-17(27-2)12-10-16/h3-6,9-12,15,22H,7-8,13-14H2,1-2H3,(H,24,26). The van der Waals surface area contributed by atoms with E-state index < -0.39 is 0 Å². The van der Waals surface area contributed by atoms with E-state index in [2.05, 4.69) is 16.4 Å². The van der Waals surface area contributed by atoms with Gasteiger partial charge in [0, 0.05) is 0 Å². The quantitative estimate of drug-likeness (QED) is 0.626. The summed E-state index contributed by atoms with van der Waals surface area (Å²) in [4.78, 5) is 19.3. The van der Waals surface area contributed by atoms with Crippen molar-refractivity contribution in [2.75, 3.05) is 20.7 Å². The summed E-state index contributed by atoms with van der Waals surface area (Å²) in [7, 11) is 3.63. The summed E-state index contributed by atoms with van der Waals surface area (Å²) >= 11 is 1.69. The molecule has 3 aromatic rings. The Kier molecular flexibility index (Phi) is 5.59. The molecule has 1 aliphatic rings. The minimum Gasteiger partial charge on any atom is -0.497 e. The molecule has 1 heterocycles. The monoisotopic (exact) mass is 395 g/mol. The first-order chi connectivity index (χ1) is 13.6. The predicted molar refractivity (Wildman–Crippen MR) is 113 cm³/mol. The summed E-state index contributed by atoms with van der Waals surface area (Å²) in [5.41, 5.74) is 2.17. The van der Waals surface area contributed by atoms with Crippen LogP contribution in [0.1, 0.15) is 29.5 Å². The first-order valence-electron chi connectivity index (χ1n) is 9.58. The van der Waals surface area contributed by atoms with Gasteiger partial charge in [-0.3, -0.25) is 9.69 Å². The molecule has 1 atom stereocenters. The highest BCUT2D eigenvalue weighted by molar-refractivity contribution is 7.18. The van der Waals surface area contributed by atoms with Crippen molar-refractivity contribution in [3.8, 4) is 5.75 Å². The molecule has 1 saturated carbocycles. The number of benzene rings is 2. The van der Waals surface area contributed by atoms with E-state index in [0.29, 0.717) is 19.0 Å². The number of carbonyl (C=O) groups is 1. The molecule has 5 nitrogen and oxygen atoms in total. The third kappa shape index (κ3) is 4.51. The number of nitrogens with one attached hydrogen (secondary N) is 1. The van der Waals surface area contributed by atoms with Gasteiger partial charge in [-0.15, -0.1) is 11.3 Å². The number of ether oxygens (including phenoxy) is 1. The Morgan fingerprint density at radius 3 is 2.68 bits per heavy atom. The van der Waals surface area contributed by atoms with Crippen LogP contribution in [-0.2, 0) is 11.3 Å². The first-order valence-corrected chi connectivity index (χ1v) is 10.4. The van der Waals surface area contributed by atoms with Gasteiger partial charge in [-0.1, -0.05) is 24.3 Å². The van der Waals surface area contributed by atoms with E-state index >= 15 is 0 Å². The van der Waals surface area contributed by atoms with Gasteiger partial charge in [0.25, 0.3) is 0 Å². The fourth-order valence-corrected chi connectivity index (χ4v) is 4.50. The zero-order valence-corrected chi connectivity index (χ0v) is 17.0. The summed E-state index contributed by atoms with van der Waals surface area (Å²) in [5.74, 6) is 1.42. The Morgan fingerprint density at radius 2 is 2.00 bits per heavy atom. The van der Waals surface area contributed by atoms with E-state index in [1.165, 1.54) is 17.5 Å². The lowest BCUT2D eigenvalue weighted by atomic mass is 10.0. The van der Waals surface area contributed by atoms with Crippen LogP contribution in [0.2, 0.25) is 0 Å². The van der Waals surface area contributed by atoms with Crippen molar-refractivity contribution in [2.24, 2.45) is 5.92 Å². The van der Waals surface area contributed by atoms with E-state index in [1.807, 2.05) is 54.4 Å². The SMILES string of the molecule is COc1ccc(C(NC(=O)CN(C)Cc2nc3ccccc3s2)C2CC2)cc1. The molecule has 1 aromatic heterocycles. The molecule has 28 heavy (non-hydrogen) atoms. The molecular weight excluding hydrogens is 370 g/mol. The van der Waals surface area contributed by atoms with Gasteiger partial charge in [-0.05, 0) is 55.6 Å². The van der Waals surface area contributed by atoms with Crippen molar-refractivity contribution in [2.45, 2.75) is 25.4 Å². The maximum Gasteiger partial charge on any atom is 0.234 e.